The molecule has 0 aromatic heterocycles. The number of piperidine rings is 1. The normalized spacial score (nSPS) is 14.4. The van der Waals surface area contributed by atoms with Crippen LogP contribution in [0.4, 0.5) is 17.1 Å². The van der Waals surface area contributed by atoms with E-state index in [1.54, 1.807) is 17.0 Å². The third kappa shape index (κ3) is 4.50. The number of carbonyl (C=O) groups excluding carboxylic acids is 1. The van der Waals surface area contributed by atoms with Crippen molar-refractivity contribution in [2.75, 3.05) is 18.4 Å². The van der Waals surface area contributed by atoms with Crippen LogP contribution in [0.5, 0.6) is 0 Å². The zero-order valence-corrected chi connectivity index (χ0v) is 14.9. The van der Waals surface area contributed by atoms with Crippen molar-refractivity contribution < 1.29 is 9.72 Å². The highest BCUT2D eigenvalue weighted by molar-refractivity contribution is 5.96. The number of nitrogens with zero attached hydrogens (tertiary/aromatic N) is 2. The van der Waals surface area contributed by atoms with Gasteiger partial charge in [0.25, 0.3) is 11.6 Å². The summed E-state index contributed by atoms with van der Waals surface area (Å²) in [5, 5.41) is 14.5. The van der Waals surface area contributed by atoms with Crippen LogP contribution in [0.2, 0.25) is 0 Å². The number of amides is 1. The molecule has 8 heteroatoms. The Labute approximate surface area is 157 Å². The SMILES string of the molecule is Cl.NC1CCN(C(=O)c2ccc(Nc3ccccc3)c([N+](=O)[O-])c2)CC1. The van der Waals surface area contributed by atoms with Crippen LogP contribution in [-0.4, -0.2) is 34.9 Å². The molecule has 1 fully saturated rings. The van der Waals surface area contributed by atoms with Gasteiger partial charge in [-0.1, -0.05) is 18.2 Å². The molecule has 0 radical (unpaired) electrons. The standard InChI is InChI=1S/C18H20N4O3.ClH/c19-14-8-10-21(11-9-14)18(23)13-6-7-16(17(12-13)22(24)25)20-15-4-2-1-3-5-15;/h1-7,12,14,20H,8-11,19H2;1H. The van der Waals surface area contributed by atoms with Gasteiger partial charge in [0.1, 0.15) is 5.69 Å². The van der Waals surface area contributed by atoms with Crippen molar-refractivity contribution in [1.82, 2.24) is 4.90 Å². The number of anilines is 2. The summed E-state index contributed by atoms with van der Waals surface area (Å²) in [6, 6.07) is 13.8. The molecule has 3 N–H and O–H groups in total. The second-order valence-electron chi connectivity index (χ2n) is 6.11. The molecule has 0 unspecified atom stereocenters. The molecular weight excluding hydrogens is 356 g/mol. The minimum absolute atomic E-state index is 0. The first-order chi connectivity index (χ1) is 12.0. The summed E-state index contributed by atoms with van der Waals surface area (Å²) < 4.78 is 0. The van der Waals surface area contributed by atoms with Crippen LogP contribution in [0.15, 0.2) is 48.5 Å². The van der Waals surface area contributed by atoms with Crippen molar-refractivity contribution in [3.05, 3.63) is 64.2 Å². The molecule has 0 spiro atoms. The van der Waals surface area contributed by atoms with E-state index < -0.39 is 4.92 Å². The highest BCUT2D eigenvalue weighted by atomic mass is 35.5. The number of rotatable bonds is 4. The molecule has 26 heavy (non-hydrogen) atoms. The summed E-state index contributed by atoms with van der Waals surface area (Å²) in [6.45, 7) is 1.16. The van der Waals surface area contributed by atoms with Gasteiger partial charge in [-0.25, -0.2) is 0 Å². The summed E-state index contributed by atoms with van der Waals surface area (Å²) in [6.07, 6.45) is 1.50. The Hall–Kier alpha value is -2.64. The Kier molecular flexibility index (Phi) is 6.54. The summed E-state index contributed by atoms with van der Waals surface area (Å²) in [5.41, 5.74) is 7.16. The van der Waals surface area contributed by atoms with Gasteiger partial charge in [-0.15, -0.1) is 12.4 Å². The zero-order valence-electron chi connectivity index (χ0n) is 14.1. The van der Waals surface area contributed by atoms with E-state index in [0.29, 0.717) is 24.3 Å². The van der Waals surface area contributed by atoms with Crippen LogP contribution < -0.4 is 11.1 Å². The number of nitrogens with two attached hydrogens (primary N) is 1. The summed E-state index contributed by atoms with van der Waals surface area (Å²) in [4.78, 5) is 25.2. The lowest BCUT2D eigenvalue weighted by molar-refractivity contribution is -0.383. The van der Waals surface area contributed by atoms with E-state index in [0.717, 1.165) is 18.5 Å². The fraction of sp³-hybridized carbons (Fsp3) is 0.278. The van der Waals surface area contributed by atoms with Crippen molar-refractivity contribution >= 4 is 35.4 Å². The Morgan fingerprint density at radius 1 is 1.15 bits per heavy atom. The molecule has 2 aromatic carbocycles. The van der Waals surface area contributed by atoms with Crippen molar-refractivity contribution in [3.8, 4) is 0 Å². The molecule has 1 aliphatic rings. The van der Waals surface area contributed by atoms with Crippen LogP contribution in [-0.2, 0) is 0 Å². The van der Waals surface area contributed by atoms with Gasteiger partial charge in [-0.05, 0) is 37.1 Å². The monoisotopic (exact) mass is 376 g/mol. The largest absolute Gasteiger partial charge is 0.350 e. The molecule has 7 nitrogen and oxygen atoms in total. The average molecular weight is 377 g/mol. The average Bonchev–Trinajstić information content (AvgIpc) is 2.63. The fourth-order valence-electron chi connectivity index (χ4n) is 2.88. The van der Waals surface area contributed by atoms with E-state index in [2.05, 4.69) is 5.32 Å². The van der Waals surface area contributed by atoms with Gasteiger partial charge in [0, 0.05) is 36.4 Å². The first kappa shape index (κ1) is 19.7. The Balaban J connectivity index is 0.00000243. The van der Waals surface area contributed by atoms with E-state index >= 15 is 0 Å². The second kappa shape index (κ2) is 8.64. The Bertz CT molecular complexity index is 777. The smallest absolute Gasteiger partial charge is 0.293 e. The molecular formula is C18H21ClN4O3. The van der Waals surface area contributed by atoms with Gasteiger partial charge in [0.15, 0.2) is 0 Å². The van der Waals surface area contributed by atoms with E-state index in [-0.39, 0.29) is 30.0 Å². The van der Waals surface area contributed by atoms with Gasteiger partial charge in [-0.2, -0.15) is 0 Å². The van der Waals surface area contributed by atoms with E-state index in [9.17, 15) is 14.9 Å². The van der Waals surface area contributed by atoms with E-state index in [1.165, 1.54) is 6.07 Å². The van der Waals surface area contributed by atoms with Crippen molar-refractivity contribution in [3.63, 3.8) is 0 Å². The molecule has 3 rings (SSSR count). The van der Waals surface area contributed by atoms with Crippen molar-refractivity contribution in [2.24, 2.45) is 5.73 Å². The Morgan fingerprint density at radius 2 is 1.81 bits per heavy atom. The van der Waals surface area contributed by atoms with Crippen molar-refractivity contribution in [1.29, 1.82) is 0 Å². The maximum absolute atomic E-state index is 12.6. The van der Waals surface area contributed by atoms with Crippen molar-refractivity contribution in [2.45, 2.75) is 18.9 Å². The summed E-state index contributed by atoms with van der Waals surface area (Å²) in [7, 11) is 0. The topological polar surface area (TPSA) is 102 Å². The van der Waals surface area contributed by atoms with E-state index in [4.69, 9.17) is 5.73 Å². The molecule has 2 aromatic rings. The molecule has 1 amide bonds. The number of likely N-dealkylation sites (tertiary alicyclic amines) is 1. The third-order valence-electron chi connectivity index (χ3n) is 4.32. The minimum Gasteiger partial charge on any atom is -0.350 e. The highest BCUT2D eigenvalue weighted by Gasteiger charge is 2.24. The summed E-state index contributed by atoms with van der Waals surface area (Å²) in [5.74, 6) is -0.193. The number of carbonyl (C=O) groups is 1. The Morgan fingerprint density at radius 3 is 2.42 bits per heavy atom. The first-order valence-electron chi connectivity index (χ1n) is 8.20. The minimum atomic E-state index is -0.478. The van der Waals surface area contributed by atoms with Crippen LogP contribution in [0.25, 0.3) is 0 Å². The van der Waals surface area contributed by atoms with Gasteiger partial charge < -0.3 is 16.0 Å². The lowest BCUT2D eigenvalue weighted by atomic mass is 10.0. The number of benzene rings is 2. The first-order valence-corrected chi connectivity index (χ1v) is 8.20. The number of para-hydroxylation sites is 1. The number of hydrogen-bond acceptors (Lipinski definition) is 5. The van der Waals surface area contributed by atoms with Gasteiger partial charge in [-0.3, -0.25) is 14.9 Å². The maximum atomic E-state index is 12.6. The molecule has 0 atom stereocenters. The number of nitro groups is 1. The molecule has 0 aliphatic carbocycles. The molecule has 138 valence electrons. The molecule has 1 saturated heterocycles. The second-order valence-corrected chi connectivity index (χ2v) is 6.11. The lowest BCUT2D eigenvalue weighted by Crippen LogP contribution is -2.42. The van der Waals surface area contributed by atoms with E-state index in [1.807, 2.05) is 30.3 Å². The predicted molar refractivity (Wildman–Crippen MR) is 103 cm³/mol. The fourth-order valence-corrected chi connectivity index (χ4v) is 2.88. The predicted octanol–water partition coefficient (Wildman–Crippen LogP) is 3.32. The number of nitrogens with one attached hydrogen (secondary N) is 1. The maximum Gasteiger partial charge on any atom is 0.293 e. The number of nitro benzene ring substituents is 1. The van der Waals surface area contributed by atoms with Crippen LogP contribution in [0, 0.1) is 10.1 Å². The van der Waals surface area contributed by atoms with Gasteiger partial charge in [0.2, 0.25) is 0 Å². The van der Waals surface area contributed by atoms with Crippen LogP contribution >= 0.6 is 12.4 Å². The molecule has 0 bridgehead atoms. The number of hydrogen-bond donors (Lipinski definition) is 2. The van der Waals surface area contributed by atoms with Gasteiger partial charge >= 0.3 is 0 Å². The molecule has 1 heterocycles. The lowest BCUT2D eigenvalue weighted by Gasteiger charge is -2.30. The summed E-state index contributed by atoms with van der Waals surface area (Å²) >= 11 is 0. The molecule has 1 aliphatic heterocycles. The van der Waals surface area contributed by atoms with Crippen LogP contribution in [0.1, 0.15) is 23.2 Å². The number of halogens is 1. The highest BCUT2D eigenvalue weighted by Crippen LogP contribution is 2.29. The van der Waals surface area contributed by atoms with Crippen LogP contribution in [0.3, 0.4) is 0 Å². The van der Waals surface area contributed by atoms with Gasteiger partial charge in [0.05, 0.1) is 4.92 Å². The zero-order chi connectivity index (χ0) is 17.8. The molecule has 0 saturated carbocycles. The quantitative estimate of drug-likeness (QED) is 0.629. The third-order valence-corrected chi connectivity index (χ3v) is 4.32.